The maximum absolute atomic E-state index is 12.5. The van der Waals surface area contributed by atoms with Gasteiger partial charge in [0.15, 0.2) is 0 Å². The molecule has 4 nitrogen and oxygen atoms in total. The van der Waals surface area contributed by atoms with Crippen LogP contribution in [0.3, 0.4) is 0 Å². The van der Waals surface area contributed by atoms with Crippen LogP contribution in [0.5, 0.6) is 0 Å². The first-order valence-corrected chi connectivity index (χ1v) is 9.70. The quantitative estimate of drug-likeness (QED) is 0.769. The van der Waals surface area contributed by atoms with E-state index >= 15 is 0 Å². The van der Waals surface area contributed by atoms with Gasteiger partial charge in [-0.2, -0.15) is 11.8 Å². The van der Waals surface area contributed by atoms with Crippen LogP contribution in [0.1, 0.15) is 19.3 Å². The van der Waals surface area contributed by atoms with Gasteiger partial charge in [0.2, 0.25) is 5.91 Å². The van der Waals surface area contributed by atoms with Gasteiger partial charge in [-0.25, -0.2) is 0 Å². The Morgan fingerprint density at radius 2 is 2.20 bits per heavy atom. The van der Waals surface area contributed by atoms with Crippen molar-refractivity contribution in [2.75, 3.05) is 50.6 Å². The van der Waals surface area contributed by atoms with Crippen molar-refractivity contribution in [2.45, 2.75) is 30.6 Å². The number of carbonyl (C=O) groups excluding carboxylic acids is 1. The molecule has 2 rings (SSSR count). The van der Waals surface area contributed by atoms with E-state index in [1.165, 1.54) is 18.6 Å². The normalized spacial score (nSPS) is 23.9. The molecule has 0 bridgehead atoms. The van der Waals surface area contributed by atoms with E-state index in [1.807, 2.05) is 23.5 Å². The van der Waals surface area contributed by atoms with E-state index in [0.717, 1.165) is 31.8 Å². The molecule has 0 aromatic carbocycles. The zero-order valence-corrected chi connectivity index (χ0v) is 13.9. The zero-order chi connectivity index (χ0) is 14.2. The number of thioether (sulfide) groups is 2. The number of ether oxygens (including phenoxy) is 1. The molecule has 0 radical (unpaired) electrons. The summed E-state index contributed by atoms with van der Waals surface area (Å²) in [6, 6.07) is 0.427. The van der Waals surface area contributed by atoms with Crippen molar-refractivity contribution in [2.24, 2.45) is 0 Å². The third-order valence-electron chi connectivity index (χ3n) is 3.93. The van der Waals surface area contributed by atoms with Gasteiger partial charge in [0.25, 0.3) is 0 Å². The number of hydrogen-bond acceptors (Lipinski definition) is 5. The summed E-state index contributed by atoms with van der Waals surface area (Å²) in [6.45, 7) is 3.58. The predicted octanol–water partition coefficient (Wildman–Crippen LogP) is 1.45. The summed E-state index contributed by atoms with van der Waals surface area (Å²) >= 11 is 3.80. The first-order valence-electron chi connectivity index (χ1n) is 7.49. The Morgan fingerprint density at radius 3 is 2.85 bits per heavy atom. The van der Waals surface area contributed by atoms with Crippen molar-refractivity contribution in [3.05, 3.63) is 0 Å². The molecule has 0 saturated carbocycles. The minimum Gasteiger partial charge on any atom is -0.383 e. The van der Waals surface area contributed by atoms with Gasteiger partial charge in [0.05, 0.1) is 12.4 Å². The average molecular weight is 319 g/mol. The largest absolute Gasteiger partial charge is 0.383 e. The van der Waals surface area contributed by atoms with Crippen LogP contribution in [0.25, 0.3) is 0 Å². The third kappa shape index (κ3) is 5.13. The van der Waals surface area contributed by atoms with Gasteiger partial charge < -0.3 is 15.0 Å². The second kappa shape index (κ2) is 9.18. The van der Waals surface area contributed by atoms with Crippen LogP contribution < -0.4 is 5.32 Å². The first kappa shape index (κ1) is 16.5. The van der Waals surface area contributed by atoms with E-state index in [0.29, 0.717) is 29.6 Å². The molecule has 6 heteroatoms. The summed E-state index contributed by atoms with van der Waals surface area (Å²) in [7, 11) is 1.70. The third-order valence-corrected chi connectivity index (χ3v) is 6.43. The monoisotopic (exact) mass is 318 g/mol. The standard InChI is InChI=1S/C14H26N2O2S2/c1-18-8-7-16(12-4-9-19-10-12)14(17)11-20-13-2-5-15-6-3-13/h12-13,15H,2-11H2,1H3. The molecule has 2 aliphatic rings. The van der Waals surface area contributed by atoms with Crippen molar-refractivity contribution in [3.63, 3.8) is 0 Å². The molecule has 2 saturated heterocycles. The van der Waals surface area contributed by atoms with Crippen LogP contribution >= 0.6 is 23.5 Å². The Kier molecular flexibility index (Phi) is 7.55. The molecule has 0 aromatic heterocycles. The van der Waals surface area contributed by atoms with E-state index in [4.69, 9.17) is 4.74 Å². The first-order chi connectivity index (χ1) is 9.81. The Morgan fingerprint density at radius 1 is 1.40 bits per heavy atom. The molecule has 0 spiro atoms. The average Bonchev–Trinajstić information content (AvgIpc) is 3.01. The van der Waals surface area contributed by atoms with Gasteiger partial charge in [0, 0.05) is 30.7 Å². The summed E-state index contributed by atoms with van der Waals surface area (Å²) in [5.74, 6) is 3.21. The Hall–Kier alpha value is 0.0900. The number of methoxy groups -OCH3 is 1. The van der Waals surface area contributed by atoms with Gasteiger partial charge >= 0.3 is 0 Å². The Bertz CT molecular complexity index is 293. The number of hydrogen-bond donors (Lipinski definition) is 1. The molecule has 1 atom stereocenters. The van der Waals surface area contributed by atoms with Crippen LogP contribution in [0.4, 0.5) is 0 Å². The topological polar surface area (TPSA) is 41.6 Å². The summed E-state index contributed by atoms with van der Waals surface area (Å²) in [6.07, 6.45) is 3.52. The summed E-state index contributed by atoms with van der Waals surface area (Å²) in [5, 5.41) is 4.02. The van der Waals surface area contributed by atoms with E-state index in [-0.39, 0.29) is 0 Å². The van der Waals surface area contributed by atoms with E-state index in [9.17, 15) is 4.79 Å². The van der Waals surface area contributed by atoms with E-state index in [2.05, 4.69) is 10.2 Å². The lowest BCUT2D eigenvalue weighted by Gasteiger charge is -2.29. The highest BCUT2D eigenvalue weighted by Gasteiger charge is 2.27. The molecule has 0 aromatic rings. The minimum absolute atomic E-state index is 0.304. The highest BCUT2D eigenvalue weighted by Crippen LogP contribution is 2.25. The molecule has 116 valence electrons. The lowest BCUT2D eigenvalue weighted by Crippen LogP contribution is -2.43. The van der Waals surface area contributed by atoms with Crippen molar-refractivity contribution >= 4 is 29.4 Å². The summed E-state index contributed by atoms with van der Waals surface area (Å²) in [4.78, 5) is 14.6. The highest BCUT2D eigenvalue weighted by atomic mass is 32.2. The lowest BCUT2D eigenvalue weighted by molar-refractivity contribution is -0.130. The van der Waals surface area contributed by atoms with Crippen molar-refractivity contribution in [1.29, 1.82) is 0 Å². The SMILES string of the molecule is COCCN(C(=O)CSC1CCNCC1)C1CCSC1. The predicted molar refractivity (Wildman–Crippen MR) is 87.7 cm³/mol. The number of nitrogens with zero attached hydrogens (tertiary/aromatic N) is 1. The van der Waals surface area contributed by atoms with Crippen LogP contribution in [-0.4, -0.2) is 72.7 Å². The molecule has 0 aliphatic carbocycles. The number of rotatable bonds is 7. The molecular formula is C14H26N2O2S2. The maximum Gasteiger partial charge on any atom is 0.232 e. The molecule has 2 fully saturated rings. The minimum atomic E-state index is 0.304. The highest BCUT2D eigenvalue weighted by molar-refractivity contribution is 8.00. The van der Waals surface area contributed by atoms with Crippen molar-refractivity contribution in [1.82, 2.24) is 10.2 Å². The summed E-state index contributed by atoms with van der Waals surface area (Å²) < 4.78 is 5.16. The second-order valence-corrected chi connectivity index (χ2v) is 7.80. The maximum atomic E-state index is 12.5. The fourth-order valence-corrected chi connectivity index (χ4v) is 5.04. The van der Waals surface area contributed by atoms with E-state index in [1.54, 1.807) is 7.11 Å². The fraction of sp³-hybridized carbons (Fsp3) is 0.929. The van der Waals surface area contributed by atoms with Crippen LogP contribution in [-0.2, 0) is 9.53 Å². The molecule has 2 heterocycles. The number of carbonyl (C=O) groups is 1. The summed E-state index contributed by atoms with van der Waals surface area (Å²) in [5.41, 5.74) is 0. The lowest BCUT2D eigenvalue weighted by atomic mass is 10.2. The fourth-order valence-electron chi connectivity index (χ4n) is 2.70. The van der Waals surface area contributed by atoms with Crippen molar-refractivity contribution in [3.8, 4) is 0 Å². The van der Waals surface area contributed by atoms with Gasteiger partial charge in [-0.3, -0.25) is 4.79 Å². The van der Waals surface area contributed by atoms with Gasteiger partial charge in [-0.05, 0) is 38.1 Å². The van der Waals surface area contributed by atoms with Crippen LogP contribution in [0.15, 0.2) is 0 Å². The number of nitrogens with one attached hydrogen (secondary N) is 1. The van der Waals surface area contributed by atoms with Gasteiger partial charge in [0.1, 0.15) is 0 Å². The van der Waals surface area contributed by atoms with E-state index < -0.39 is 0 Å². The molecule has 1 N–H and O–H groups in total. The van der Waals surface area contributed by atoms with Crippen LogP contribution in [0.2, 0.25) is 0 Å². The number of amides is 1. The molecule has 1 unspecified atom stereocenters. The Balaban J connectivity index is 1.78. The molecule has 2 aliphatic heterocycles. The molecule has 1 amide bonds. The second-order valence-electron chi connectivity index (χ2n) is 5.36. The Labute approximate surface area is 130 Å². The zero-order valence-electron chi connectivity index (χ0n) is 12.3. The molecule has 20 heavy (non-hydrogen) atoms. The molecular weight excluding hydrogens is 292 g/mol. The van der Waals surface area contributed by atoms with Crippen molar-refractivity contribution < 1.29 is 9.53 Å². The van der Waals surface area contributed by atoms with Gasteiger partial charge in [-0.1, -0.05) is 0 Å². The van der Waals surface area contributed by atoms with Crippen LogP contribution in [0, 0.1) is 0 Å². The number of piperidine rings is 1. The van der Waals surface area contributed by atoms with Gasteiger partial charge in [-0.15, -0.1) is 11.8 Å². The smallest absolute Gasteiger partial charge is 0.232 e.